The van der Waals surface area contributed by atoms with Gasteiger partial charge in [-0.2, -0.15) is 0 Å². The first-order valence-corrected chi connectivity index (χ1v) is 7.37. The molecule has 116 valence electrons. The lowest BCUT2D eigenvalue weighted by atomic mass is 10.0. The lowest BCUT2D eigenvalue weighted by Crippen LogP contribution is -2.62. The lowest BCUT2D eigenvalue weighted by Gasteiger charge is -2.42. The molecular weight excluding hydrogens is 284 g/mol. The van der Waals surface area contributed by atoms with Crippen molar-refractivity contribution in [3.63, 3.8) is 0 Å². The summed E-state index contributed by atoms with van der Waals surface area (Å²) in [5.41, 5.74) is 2.36. The summed E-state index contributed by atoms with van der Waals surface area (Å²) < 4.78 is 4.68. The van der Waals surface area contributed by atoms with Crippen LogP contribution in [0.2, 0.25) is 0 Å². The molecule has 0 aliphatic carbocycles. The predicted octanol–water partition coefficient (Wildman–Crippen LogP) is 1.12. The van der Waals surface area contributed by atoms with Crippen LogP contribution >= 0.6 is 0 Å². The summed E-state index contributed by atoms with van der Waals surface area (Å²) in [6.45, 7) is 2.67. The molecule has 0 spiro atoms. The number of likely N-dealkylation sites (tertiary alicyclic amines) is 1. The Hall–Kier alpha value is -2.37. The third-order valence-electron chi connectivity index (χ3n) is 4.23. The minimum absolute atomic E-state index is 0.0551. The zero-order chi connectivity index (χ0) is 15.7. The largest absolute Gasteiger partial charge is 0.439 e. The third-order valence-corrected chi connectivity index (χ3v) is 4.23. The van der Waals surface area contributed by atoms with Gasteiger partial charge in [0.1, 0.15) is 0 Å². The normalized spacial score (nSPS) is 18.4. The van der Waals surface area contributed by atoms with Gasteiger partial charge in [-0.05, 0) is 24.5 Å². The zero-order valence-electron chi connectivity index (χ0n) is 12.4. The van der Waals surface area contributed by atoms with Crippen LogP contribution in [0.25, 0.3) is 0 Å². The highest BCUT2D eigenvalue weighted by atomic mass is 16.6. The summed E-state index contributed by atoms with van der Waals surface area (Å²) in [5.74, 6) is -0.262. The molecule has 0 unspecified atom stereocenters. The van der Waals surface area contributed by atoms with E-state index in [2.05, 4.69) is 4.74 Å². The van der Waals surface area contributed by atoms with E-state index in [0.29, 0.717) is 25.9 Å². The standard InChI is InChI=1S/C16H18N2O4/c1-11-4-2-3-5-12(11)6-7-14(19)17-8-13(9-17)18-15(20)10-22-16(18)21/h2-5,13H,6-10H2,1H3. The summed E-state index contributed by atoms with van der Waals surface area (Å²) in [7, 11) is 0. The first-order chi connectivity index (χ1) is 10.6. The highest BCUT2D eigenvalue weighted by molar-refractivity contribution is 5.98. The molecule has 22 heavy (non-hydrogen) atoms. The van der Waals surface area contributed by atoms with Crippen molar-refractivity contribution in [2.24, 2.45) is 0 Å². The van der Waals surface area contributed by atoms with Gasteiger partial charge in [0.25, 0.3) is 5.91 Å². The number of rotatable bonds is 4. The average Bonchev–Trinajstić information content (AvgIpc) is 2.77. The number of imide groups is 1. The number of aryl methyl sites for hydroxylation is 2. The molecule has 0 aromatic heterocycles. The highest BCUT2D eigenvalue weighted by Gasteiger charge is 2.44. The molecule has 1 aromatic carbocycles. The number of nitrogens with zero attached hydrogens (tertiary/aromatic N) is 2. The smallest absolute Gasteiger partial charge is 0.417 e. The molecule has 0 N–H and O–H groups in total. The Morgan fingerprint density at radius 3 is 2.64 bits per heavy atom. The molecule has 1 aromatic rings. The van der Waals surface area contributed by atoms with E-state index in [1.165, 1.54) is 11.1 Å². The third kappa shape index (κ3) is 2.68. The molecule has 2 saturated heterocycles. The second-order valence-electron chi connectivity index (χ2n) is 5.70. The van der Waals surface area contributed by atoms with Crippen molar-refractivity contribution in [2.75, 3.05) is 19.7 Å². The van der Waals surface area contributed by atoms with E-state index in [-0.39, 0.29) is 24.5 Å². The van der Waals surface area contributed by atoms with E-state index in [9.17, 15) is 14.4 Å². The molecule has 2 fully saturated rings. The van der Waals surface area contributed by atoms with Crippen molar-refractivity contribution in [2.45, 2.75) is 25.8 Å². The van der Waals surface area contributed by atoms with Crippen molar-refractivity contribution in [3.05, 3.63) is 35.4 Å². The first kappa shape index (κ1) is 14.6. The Morgan fingerprint density at radius 2 is 2.00 bits per heavy atom. The van der Waals surface area contributed by atoms with Crippen LogP contribution in [0.5, 0.6) is 0 Å². The summed E-state index contributed by atoms with van der Waals surface area (Å²) in [6.07, 6.45) is 0.551. The molecule has 3 rings (SSSR count). The van der Waals surface area contributed by atoms with Crippen LogP contribution in [0.3, 0.4) is 0 Å². The van der Waals surface area contributed by atoms with Crippen LogP contribution in [0.1, 0.15) is 17.5 Å². The number of carbonyl (C=O) groups is 3. The van der Waals surface area contributed by atoms with E-state index in [1.807, 2.05) is 31.2 Å². The Labute approximate surface area is 128 Å². The number of hydrogen-bond acceptors (Lipinski definition) is 4. The van der Waals surface area contributed by atoms with Crippen LogP contribution in [0, 0.1) is 6.92 Å². The monoisotopic (exact) mass is 302 g/mol. The maximum atomic E-state index is 12.1. The van der Waals surface area contributed by atoms with Gasteiger partial charge in [-0.15, -0.1) is 0 Å². The average molecular weight is 302 g/mol. The fourth-order valence-electron chi connectivity index (χ4n) is 2.83. The Morgan fingerprint density at radius 1 is 1.27 bits per heavy atom. The molecular formula is C16H18N2O4. The van der Waals surface area contributed by atoms with Gasteiger partial charge < -0.3 is 9.64 Å². The van der Waals surface area contributed by atoms with Gasteiger partial charge in [0.05, 0.1) is 6.04 Å². The molecule has 2 aliphatic rings. The topological polar surface area (TPSA) is 66.9 Å². The highest BCUT2D eigenvalue weighted by Crippen LogP contribution is 2.21. The molecule has 6 heteroatoms. The van der Waals surface area contributed by atoms with Gasteiger partial charge in [-0.25, -0.2) is 9.69 Å². The Kier molecular flexibility index (Phi) is 3.83. The quantitative estimate of drug-likeness (QED) is 0.836. The zero-order valence-corrected chi connectivity index (χ0v) is 12.4. The lowest BCUT2D eigenvalue weighted by molar-refractivity contribution is -0.142. The van der Waals surface area contributed by atoms with E-state index in [4.69, 9.17) is 0 Å². The number of ether oxygens (including phenoxy) is 1. The van der Waals surface area contributed by atoms with Crippen LogP contribution in [0.4, 0.5) is 4.79 Å². The van der Waals surface area contributed by atoms with Gasteiger partial charge in [0.15, 0.2) is 6.61 Å². The number of amides is 3. The van der Waals surface area contributed by atoms with Crippen molar-refractivity contribution in [1.29, 1.82) is 0 Å². The summed E-state index contributed by atoms with van der Waals surface area (Å²) >= 11 is 0. The molecule has 3 amide bonds. The summed E-state index contributed by atoms with van der Waals surface area (Å²) in [6, 6.07) is 7.78. The minimum Gasteiger partial charge on any atom is -0.439 e. The molecule has 6 nitrogen and oxygen atoms in total. The maximum Gasteiger partial charge on any atom is 0.417 e. The maximum absolute atomic E-state index is 12.1. The van der Waals surface area contributed by atoms with Crippen LogP contribution in [-0.4, -0.2) is 53.4 Å². The first-order valence-electron chi connectivity index (χ1n) is 7.37. The van der Waals surface area contributed by atoms with Crippen molar-refractivity contribution in [1.82, 2.24) is 9.80 Å². The SMILES string of the molecule is Cc1ccccc1CCC(=O)N1CC(N2C(=O)COC2=O)C1. The van der Waals surface area contributed by atoms with Crippen LogP contribution < -0.4 is 0 Å². The molecule has 2 aliphatic heterocycles. The number of carbonyl (C=O) groups excluding carboxylic acids is 3. The Bertz CT molecular complexity index is 606. The van der Waals surface area contributed by atoms with Crippen molar-refractivity contribution >= 4 is 17.9 Å². The van der Waals surface area contributed by atoms with E-state index >= 15 is 0 Å². The fourth-order valence-corrected chi connectivity index (χ4v) is 2.83. The summed E-state index contributed by atoms with van der Waals surface area (Å²) in [5, 5.41) is 0. The van der Waals surface area contributed by atoms with Crippen molar-refractivity contribution in [3.8, 4) is 0 Å². The summed E-state index contributed by atoms with van der Waals surface area (Å²) in [4.78, 5) is 37.9. The number of cyclic esters (lactones) is 1. The van der Waals surface area contributed by atoms with Gasteiger partial charge in [0.2, 0.25) is 5.91 Å². The Balaban J connectivity index is 1.49. The second-order valence-corrected chi connectivity index (χ2v) is 5.70. The van der Waals surface area contributed by atoms with E-state index in [0.717, 1.165) is 4.90 Å². The van der Waals surface area contributed by atoms with Gasteiger partial charge in [0, 0.05) is 19.5 Å². The van der Waals surface area contributed by atoms with Crippen molar-refractivity contribution < 1.29 is 19.1 Å². The van der Waals surface area contributed by atoms with Gasteiger partial charge in [-0.3, -0.25) is 9.59 Å². The molecule has 2 heterocycles. The minimum atomic E-state index is -0.595. The second kappa shape index (κ2) is 5.79. The van der Waals surface area contributed by atoms with Gasteiger partial charge >= 0.3 is 6.09 Å². The van der Waals surface area contributed by atoms with Crippen LogP contribution in [-0.2, 0) is 20.7 Å². The number of hydrogen-bond donors (Lipinski definition) is 0. The predicted molar refractivity (Wildman–Crippen MR) is 78.1 cm³/mol. The van der Waals surface area contributed by atoms with E-state index < -0.39 is 6.09 Å². The fraction of sp³-hybridized carbons (Fsp3) is 0.438. The van der Waals surface area contributed by atoms with E-state index in [1.54, 1.807) is 4.90 Å². The van der Waals surface area contributed by atoms with Gasteiger partial charge in [-0.1, -0.05) is 24.3 Å². The number of benzene rings is 1. The molecule has 0 bridgehead atoms. The molecule has 0 atom stereocenters. The molecule has 0 saturated carbocycles. The molecule has 0 radical (unpaired) electrons. The van der Waals surface area contributed by atoms with Crippen LogP contribution in [0.15, 0.2) is 24.3 Å².